The van der Waals surface area contributed by atoms with Crippen LogP contribution in [0.5, 0.6) is 0 Å². The van der Waals surface area contributed by atoms with Crippen LogP contribution in [0.4, 0.5) is 5.82 Å². The van der Waals surface area contributed by atoms with Gasteiger partial charge in [-0.25, -0.2) is 0 Å². The fraction of sp³-hybridized carbons (Fsp3) is 0.429. The molecule has 1 rings (SSSR count). The number of hydrogen-bond acceptors (Lipinski definition) is 4. The maximum Gasteiger partial charge on any atom is 0.390 e. The van der Waals surface area contributed by atoms with Gasteiger partial charge in [0.25, 0.3) is 0 Å². The van der Waals surface area contributed by atoms with Crippen LogP contribution in [-0.2, 0) is 4.79 Å². The van der Waals surface area contributed by atoms with E-state index in [1.807, 2.05) is 0 Å². The summed E-state index contributed by atoms with van der Waals surface area (Å²) >= 11 is 0. The first kappa shape index (κ1) is 10.2. The molecule has 14 heavy (non-hydrogen) atoms. The largest absolute Gasteiger partial charge is 0.390 e. The molecule has 0 radical (unpaired) electrons. The van der Waals surface area contributed by atoms with Crippen molar-refractivity contribution in [1.29, 1.82) is 0 Å². The number of hydrogen-bond donors (Lipinski definition) is 1. The van der Waals surface area contributed by atoms with Gasteiger partial charge >= 0.3 is 5.82 Å². The molecule has 7 nitrogen and oxygen atoms in total. The van der Waals surface area contributed by atoms with E-state index in [2.05, 4.69) is 5.10 Å². The maximum atomic E-state index is 10.8. The second-order valence-corrected chi connectivity index (χ2v) is 2.92. The molecule has 1 heterocycles. The van der Waals surface area contributed by atoms with Crippen molar-refractivity contribution < 1.29 is 9.72 Å². The lowest BCUT2D eigenvalue weighted by atomic mass is 10.3. The minimum Gasteiger partial charge on any atom is -0.368 e. The van der Waals surface area contributed by atoms with Crippen molar-refractivity contribution in [3.63, 3.8) is 0 Å². The minimum atomic E-state index is -0.677. The molecule has 2 N–H and O–H groups in total. The summed E-state index contributed by atoms with van der Waals surface area (Å²) in [6.07, 6.45) is 0. The molecule has 0 aliphatic carbocycles. The van der Waals surface area contributed by atoms with Crippen molar-refractivity contribution in [3.05, 3.63) is 21.9 Å². The third-order valence-electron chi connectivity index (χ3n) is 1.88. The zero-order chi connectivity index (χ0) is 10.9. The standard InChI is InChI=1S/C7H10N4O3/c1-4-3-6(11(13)14)9-10(4)5(2)7(8)12/h3,5H,1-2H3,(H2,8,12). The van der Waals surface area contributed by atoms with Gasteiger partial charge in [-0.2, -0.15) is 4.68 Å². The van der Waals surface area contributed by atoms with Gasteiger partial charge in [0.05, 0.1) is 16.9 Å². The first-order chi connectivity index (χ1) is 6.43. The van der Waals surface area contributed by atoms with Crippen molar-refractivity contribution in [2.75, 3.05) is 0 Å². The molecule has 0 bridgehead atoms. The summed E-state index contributed by atoms with van der Waals surface area (Å²) in [5, 5.41) is 14.0. The number of carbonyl (C=O) groups excluding carboxylic acids is 1. The Morgan fingerprint density at radius 1 is 1.79 bits per heavy atom. The number of aryl methyl sites for hydroxylation is 1. The fourth-order valence-corrected chi connectivity index (χ4v) is 1.07. The Morgan fingerprint density at radius 3 is 2.71 bits per heavy atom. The first-order valence-corrected chi connectivity index (χ1v) is 3.93. The second-order valence-electron chi connectivity index (χ2n) is 2.92. The van der Waals surface area contributed by atoms with Crippen molar-refractivity contribution in [2.45, 2.75) is 19.9 Å². The smallest absolute Gasteiger partial charge is 0.368 e. The third-order valence-corrected chi connectivity index (χ3v) is 1.88. The Kier molecular flexibility index (Phi) is 2.50. The topological polar surface area (TPSA) is 104 Å². The molecule has 1 unspecified atom stereocenters. The Morgan fingerprint density at radius 2 is 2.36 bits per heavy atom. The molecule has 0 spiro atoms. The van der Waals surface area contributed by atoms with Crippen LogP contribution in [0.3, 0.4) is 0 Å². The quantitative estimate of drug-likeness (QED) is 0.551. The number of carbonyl (C=O) groups is 1. The van der Waals surface area contributed by atoms with E-state index in [1.54, 1.807) is 6.92 Å². The first-order valence-electron chi connectivity index (χ1n) is 3.93. The average Bonchev–Trinajstić information content (AvgIpc) is 2.46. The summed E-state index contributed by atoms with van der Waals surface area (Å²) < 4.78 is 1.24. The number of nitrogens with zero attached hydrogens (tertiary/aromatic N) is 3. The van der Waals surface area contributed by atoms with Gasteiger partial charge in [0.15, 0.2) is 0 Å². The van der Waals surface area contributed by atoms with Crippen LogP contribution < -0.4 is 5.73 Å². The zero-order valence-electron chi connectivity index (χ0n) is 7.80. The highest BCUT2D eigenvalue weighted by Crippen LogP contribution is 2.15. The SMILES string of the molecule is Cc1cc([N+](=O)[O-])nn1C(C)C(N)=O. The number of amides is 1. The maximum absolute atomic E-state index is 10.8. The third kappa shape index (κ3) is 1.70. The molecule has 0 aliphatic heterocycles. The van der Waals surface area contributed by atoms with Crippen molar-refractivity contribution in [3.8, 4) is 0 Å². The molecule has 76 valence electrons. The predicted molar refractivity (Wildman–Crippen MR) is 47.5 cm³/mol. The van der Waals surface area contributed by atoms with Gasteiger partial charge in [0.2, 0.25) is 5.91 Å². The Balaban J connectivity index is 3.10. The Labute approximate surface area is 79.7 Å². The van der Waals surface area contributed by atoms with Gasteiger partial charge in [-0.3, -0.25) is 4.79 Å². The van der Waals surface area contributed by atoms with Crippen LogP contribution in [0.2, 0.25) is 0 Å². The lowest BCUT2D eigenvalue weighted by Crippen LogP contribution is -2.25. The molecule has 1 amide bonds. The summed E-state index contributed by atoms with van der Waals surface area (Å²) in [5.74, 6) is -0.860. The van der Waals surface area contributed by atoms with Gasteiger partial charge in [-0.1, -0.05) is 0 Å². The van der Waals surface area contributed by atoms with E-state index in [0.717, 1.165) is 0 Å². The normalized spacial score (nSPS) is 12.4. The summed E-state index contributed by atoms with van der Waals surface area (Å²) in [6.45, 7) is 3.16. The number of primary amides is 1. The van der Waals surface area contributed by atoms with Crippen molar-refractivity contribution in [1.82, 2.24) is 9.78 Å². The molecular formula is C7H10N4O3. The zero-order valence-corrected chi connectivity index (χ0v) is 7.80. The number of nitro groups is 1. The predicted octanol–water partition coefficient (Wildman–Crippen LogP) is 0.146. The molecule has 0 fully saturated rings. The van der Waals surface area contributed by atoms with Gasteiger partial charge in [-0.15, -0.1) is 0 Å². The van der Waals surface area contributed by atoms with Crippen LogP contribution in [0.1, 0.15) is 18.7 Å². The summed E-state index contributed by atoms with van der Waals surface area (Å²) in [7, 11) is 0. The van der Waals surface area contributed by atoms with Gasteiger partial charge < -0.3 is 15.8 Å². The minimum absolute atomic E-state index is 0.282. The van der Waals surface area contributed by atoms with Crippen LogP contribution in [-0.4, -0.2) is 20.6 Å². The van der Waals surface area contributed by atoms with E-state index in [1.165, 1.54) is 17.7 Å². The van der Waals surface area contributed by atoms with Gasteiger partial charge in [0.1, 0.15) is 6.04 Å². The molecule has 1 aromatic heterocycles. The van der Waals surface area contributed by atoms with Crippen LogP contribution in [0.15, 0.2) is 6.07 Å². The van der Waals surface area contributed by atoms with E-state index < -0.39 is 16.9 Å². The van der Waals surface area contributed by atoms with E-state index in [0.29, 0.717) is 5.69 Å². The van der Waals surface area contributed by atoms with E-state index in [-0.39, 0.29) is 5.82 Å². The molecule has 7 heteroatoms. The molecular weight excluding hydrogens is 188 g/mol. The average molecular weight is 198 g/mol. The number of nitrogens with two attached hydrogens (primary N) is 1. The number of rotatable bonds is 3. The molecule has 1 aromatic rings. The molecule has 0 aromatic carbocycles. The monoisotopic (exact) mass is 198 g/mol. The second kappa shape index (κ2) is 3.44. The van der Waals surface area contributed by atoms with Crippen LogP contribution in [0, 0.1) is 17.0 Å². The van der Waals surface area contributed by atoms with Gasteiger partial charge in [0, 0.05) is 0 Å². The summed E-state index contributed by atoms with van der Waals surface area (Å²) in [5.41, 5.74) is 5.58. The van der Waals surface area contributed by atoms with E-state index in [4.69, 9.17) is 5.73 Å². The Hall–Kier alpha value is -1.92. The lowest BCUT2D eigenvalue weighted by molar-refractivity contribution is -0.389. The number of aromatic nitrogens is 2. The summed E-state index contributed by atoms with van der Waals surface area (Å²) in [4.78, 5) is 20.6. The fourth-order valence-electron chi connectivity index (χ4n) is 1.07. The highest BCUT2D eigenvalue weighted by molar-refractivity contribution is 5.77. The Bertz CT molecular complexity index is 384. The summed E-state index contributed by atoms with van der Waals surface area (Å²) in [6, 6.07) is 0.614. The molecule has 0 saturated heterocycles. The highest BCUT2D eigenvalue weighted by atomic mass is 16.6. The molecule has 0 aliphatic rings. The van der Waals surface area contributed by atoms with E-state index >= 15 is 0 Å². The van der Waals surface area contributed by atoms with Crippen molar-refractivity contribution >= 4 is 11.7 Å². The van der Waals surface area contributed by atoms with Crippen LogP contribution >= 0.6 is 0 Å². The molecule has 0 saturated carbocycles. The molecule has 1 atom stereocenters. The van der Waals surface area contributed by atoms with Gasteiger partial charge in [-0.05, 0) is 18.8 Å². The highest BCUT2D eigenvalue weighted by Gasteiger charge is 2.22. The lowest BCUT2D eigenvalue weighted by Gasteiger charge is -2.04. The van der Waals surface area contributed by atoms with Crippen molar-refractivity contribution in [2.24, 2.45) is 5.73 Å². The van der Waals surface area contributed by atoms with E-state index in [9.17, 15) is 14.9 Å². The van der Waals surface area contributed by atoms with Crippen LogP contribution in [0.25, 0.3) is 0 Å².